The van der Waals surface area contributed by atoms with Crippen molar-refractivity contribution in [3.8, 4) is 5.75 Å². The first-order chi connectivity index (χ1) is 9.08. The summed E-state index contributed by atoms with van der Waals surface area (Å²) in [7, 11) is 0. The van der Waals surface area contributed by atoms with E-state index >= 15 is 0 Å². The summed E-state index contributed by atoms with van der Waals surface area (Å²) in [6.45, 7) is 0.552. The Balaban J connectivity index is 1.49. The summed E-state index contributed by atoms with van der Waals surface area (Å²) >= 11 is 0. The van der Waals surface area contributed by atoms with Crippen LogP contribution < -0.4 is 4.74 Å². The molecule has 1 N–H and O–H groups in total. The minimum atomic E-state index is -0.687. The Morgan fingerprint density at radius 1 is 1.42 bits per heavy atom. The molecule has 0 atom stereocenters. The number of hydrogen-bond acceptors (Lipinski definition) is 3. The molecule has 5 heteroatoms. The maximum absolute atomic E-state index is 13.3. The highest BCUT2D eigenvalue weighted by molar-refractivity contribution is 5.79. The van der Waals surface area contributed by atoms with E-state index < -0.39 is 11.4 Å². The van der Waals surface area contributed by atoms with Crippen molar-refractivity contribution in [3.63, 3.8) is 0 Å². The molecule has 19 heavy (non-hydrogen) atoms. The Bertz CT molecular complexity index is 495. The zero-order valence-electron chi connectivity index (χ0n) is 10.5. The maximum Gasteiger partial charge on any atom is 0.260 e. The zero-order valence-corrected chi connectivity index (χ0v) is 10.5. The number of nitrogens with zero attached hydrogens (tertiary/aromatic N) is 1. The molecule has 4 nitrogen and oxygen atoms in total. The molecule has 1 aliphatic carbocycles. The third-order valence-electron chi connectivity index (χ3n) is 3.81. The van der Waals surface area contributed by atoms with E-state index in [-0.39, 0.29) is 18.3 Å². The van der Waals surface area contributed by atoms with Gasteiger partial charge in [-0.25, -0.2) is 4.39 Å². The molecule has 1 heterocycles. The highest BCUT2D eigenvalue weighted by atomic mass is 19.1. The summed E-state index contributed by atoms with van der Waals surface area (Å²) in [5.74, 6) is -0.264. The van der Waals surface area contributed by atoms with Crippen LogP contribution in [0.3, 0.4) is 0 Å². The van der Waals surface area contributed by atoms with E-state index in [0.29, 0.717) is 19.0 Å². The normalized spacial score (nSPS) is 20.8. The van der Waals surface area contributed by atoms with Crippen LogP contribution in [0.4, 0.5) is 4.39 Å². The Morgan fingerprint density at radius 2 is 2.11 bits per heavy atom. The van der Waals surface area contributed by atoms with Crippen molar-refractivity contribution >= 4 is 5.91 Å². The number of β-amino-alcohol motifs (C(OH)–C–C–N with tert-alkyl or cyclic N) is 1. The molecule has 1 saturated heterocycles. The van der Waals surface area contributed by atoms with Crippen LogP contribution in [0.1, 0.15) is 12.8 Å². The second-order valence-electron chi connectivity index (χ2n) is 5.35. The molecule has 1 amide bonds. The Morgan fingerprint density at radius 3 is 2.74 bits per heavy atom. The predicted molar refractivity (Wildman–Crippen MR) is 66.1 cm³/mol. The van der Waals surface area contributed by atoms with E-state index in [1.165, 1.54) is 12.1 Å². The molecule has 1 aromatic rings. The van der Waals surface area contributed by atoms with Gasteiger partial charge in [0.05, 0.1) is 13.1 Å². The SMILES string of the molecule is O=C(COc1ccccc1F)N1CC(O)(C2CC2)C1. The molecule has 102 valence electrons. The van der Waals surface area contributed by atoms with Gasteiger partial charge in [-0.15, -0.1) is 0 Å². The first kappa shape index (κ1) is 12.4. The van der Waals surface area contributed by atoms with Crippen molar-refractivity contribution in [1.82, 2.24) is 4.90 Å². The van der Waals surface area contributed by atoms with E-state index in [1.807, 2.05) is 0 Å². The Kier molecular flexibility index (Phi) is 2.93. The predicted octanol–water partition coefficient (Wildman–Crippen LogP) is 1.19. The molecule has 1 saturated carbocycles. The number of benzene rings is 1. The maximum atomic E-state index is 13.3. The van der Waals surface area contributed by atoms with Crippen molar-refractivity contribution in [1.29, 1.82) is 0 Å². The Labute approximate surface area is 110 Å². The fourth-order valence-corrected chi connectivity index (χ4v) is 2.46. The van der Waals surface area contributed by atoms with Gasteiger partial charge >= 0.3 is 0 Å². The number of halogens is 1. The number of hydrogen-bond donors (Lipinski definition) is 1. The third-order valence-corrected chi connectivity index (χ3v) is 3.81. The van der Waals surface area contributed by atoms with Crippen LogP contribution in [0.5, 0.6) is 5.75 Å². The second-order valence-corrected chi connectivity index (χ2v) is 5.35. The van der Waals surface area contributed by atoms with E-state index in [2.05, 4.69) is 0 Å². The smallest absolute Gasteiger partial charge is 0.260 e. The molecule has 0 bridgehead atoms. The van der Waals surface area contributed by atoms with E-state index in [9.17, 15) is 14.3 Å². The number of para-hydroxylation sites is 1. The minimum absolute atomic E-state index is 0.0776. The monoisotopic (exact) mass is 265 g/mol. The van der Waals surface area contributed by atoms with Gasteiger partial charge in [0.1, 0.15) is 5.60 Å². The van der Waals surface area contributed by atoms with Crippen molar-refractivity contribution in [2.45, 2.75) is 18.4 Å². The van der Waals surface area contributed by atoms with Crippen molar-refractivity contribution in [2.24, 2.45) is 5.92 Å². The largest absolute Gasteiger partial charge is 0.481 e. The van der Waals surface area contributed by atoms with Crippen molar-refractivity contribution in [2.75, 3.05) is 19.7 Å². The number of carbonyl (C=O) groups is 1. The number of ether oxygens (including phenoxy) is 1. The van der Waals surface area contributed by atoms with Crippen LogP contribution in [0, 0.1) is 11.7 Å². The fourth-order valence-electron chi connectivity index (χ4n) is 2.46. The topological polar surface area (TPSA) is 49.8 Å². The molecule has 0 radical (unpaired) electrons. The van der Waals surface area contributed by atoms with E-state index in [0.717, 1.165) is 12.8 Å². The molecule has 0 spiro atoms. The fraction of sp³-hybridized carbons (Fsp3) is 0.500. The second kappa shape index (κ2) is 4.49. The van der Waals surface area contributed by atoms with Gasteiger partial charge in [0.25, 0.3) is 5.91 Å². The summed E-state index contributed by atoms with van der Waals surface area (Å²) < 4.78 is 18.4. The highest BCUT2D eigenvalue weighted by Crippen LogP contribution is 2.44. The number of rotatable bonds is 4. The lowest BCUT2D eigenvalue weighted by molar-refractivity contribution is -0.161. The van der Waals surface area contributed by atoms with Gasteiger partial charge in [-0.1, -0.05) is 12.1 Å². The lowest BCUT2D eigenvalue weighted by atomic mass is 9.89. The van der Waals surface area contributed by atoms with Gasteiger partial charge in [-0.2, -0.15) is 0 Å². The van der Waals surface area contributed by atoms with Crippen molar-refractivity contribution in [3.05, 3.63) is 30.1 Å². The third kappa shape index (κ3) is 2.42. The molecule has 2 fully saturated rings. The van der Waals surface area contributed by atoms with Gasteiger partial charge in [-0.05, 0) is 30.9 Å². The van der Waals surface area contributed by atoms with Crippen LogP contribution in [0.2, 0.25) is 0 Å². The van der Waals surface area contributed by atoms with Gasteiger partial charge in [0.15, 0.2) is 18.2 Å². The Hall–Kier alpha value is -1.62. The van der Waals surface area contributed by atoms with Gasteiger partial charge < -0.3 is 14.7 Å². The number of aliphatic hydroxyl groups is 1. The zero-order chi connectivity index (χ0) is 13.5. The van der Waals surface area contributed by atoms with Crippen LogP contribution in [-0.4, -0.2) is 41.2 Å². The summed E-state index contributed by atoms with van der Waals surface area (Å²) in [5, 5.41) is 10.1. The summed E-state index contributed by atoms with van der Waals surface area (Å²) in [6, 6.07) is 5.99. The number of likely N-dealkylation sites (tertiary alicyclic amines) is 1. The summed E-state index contributed by atoms with van der Waals surface area (Å²) in [6.07, 6.45) is 2.09. The molecular weight excluding hydrogens is 249 g/mol. The molecule has 2 aliphatic rings. The van der Waals surface area contributed by atoms with Crippen LogP contribution >= 0.6 is 0 Å². The van der Waals surface area contributed by atoms with E-state index in [4.69, 9.17) is 4.74 Å². The molecule has 1 aromatic carbocycles. The van der Waals surface area contributed by atoms with Gasteiger partial charge in [0.2, 0.25) is 0 Å². The van der Waals surface area contributed by atoms with Crippen LogP contribution in [0.15, 0.2) is 24.3 Å². The van der Waals surface area contributed by atoms with Gasteiger partial charge in [-0.3, -0.25) is 4.79 Å². The average molecular weight is 265 g/mol. The van der Waals surface area contributed by atoms with Crippen LogP contribution in [0.25, 0.3) is 0 Å². The molecule has 0 aromatic heterocycles. The first-order valence-electron chi connectivity index (χ1n) is 6.46. The van der Waals surface area contributed by atoms with E-state index in [1.54, 1.807) is 17.0 Å². The minimum Gasteiger partial charge on any atom is -0.481 e. The number of carbonyl (C=O) groups excluding carboxylic acids is 1. The standard InChI is InChI=1S/C14H16FNO3/c15-11-3-1-2-4-12(11)19-7-13(17)16-8-14(18,9-16)10-5-6-10/h1-4,10,18H,5-9H2. The average Bonchev–Trinajstić information content (AvgIpc) is 3.18. The molecule has 3 rings (SSSR count). The molecule has 1 aliphatic heterocycles. The summed E-state index contributed by atoms with van der Waals surface area (Å²) in [4.78, 5) is 13.4. The van der Waals surface area contributed by atoms with Crippen molar-refractivity contribution < 1.29 is 19.0 Å². The highest BCUT2D eigenvalue weighted by Gasteiger charge is 2.53. The number of amides is 1. The van der Waals surface area contributed by atoms with Crippen LogP contribution in [-0.2, 0) is 4.79 Å². The summed E-state index contributed by atoms with van der Waals surface area (Å²) in [5.41, 5.74) is -0.687. The lowest BCUT2D eigenvalue weighted by Crippen LogP contribution is -2.65. The molecule has 0 unspecified atom stereocenters. The lowest BCUT2D eigenvalue weighted by Gasteiger charge is -2.46. The first-order valence-corrected chi connectivity index (χ1v) is 6.46. The molecular formula is C14H16FNO3. The van der Waals surface area contributed by atoms with Gasteiger partial charge in [0, 0.05) is 0 Å². The quantitative estimate of drug-likeness (QED) is 0.889.